The molecular formula is C19H21N3O3. The molecule has 6 heteroatoms. The molecule has 1 aliphatic heterocycles. The number of amides is 2. The SMILES string of the molecule is O=C(C=Cc1ccco1)NCC(=O)N1CCN(c2ccccc2)CC1. The first-order valence-electron chi connectivity index (χ1n) is 8.29. The van der Waals surface area contributed by atoms with Crippen LogP contribution in [0.1, 0.15) is 5.76 Å². The molecule has 1 N–H and O–H groups in total. The Morgan fingerprint density at radius 3 is 2.48 bits per heavy atom. The van der Waals surface area contributed by atoms with E-state index >= 15 is 0 Å². The quantitative estimate of drug-likeness (QED) is 0.843. The summed E-state index contributed by atoms with van der Waals surface area (Å²) in [6.07, 6.45) is 4.47. The van der Waals surface area contributed by atoms with Gasteiger partial charge < -0.3 is 19.5 Å². The zero-order chi connectivity index (χ0) is 17.5. The van der Waals surface area contributed by atoms with E-state index in [0.717, 1.165) is 13.1 Å². The summed E-state index contributed by atoms with van der Waals surface area (Å²) in [6.45, 7) is 2.91. The van der Waals surface area contributed by atoms with Crippen LogP contribution in [0.25, 0.3) is 6.08 Å². The molecule has 0 saturated carbocycles. The van der Waals surface area contributed by atoms with Crippen LogP contribution in [0.5, 0.6) is 0 Å². The van der Waals surface area contributed by atoms with E-state index in [2.05, 4.69) is 22.3 Å². The maximum Gasteiger partial charge on any atom is 0.244 e. The van der Waals surface area contributed by atoms with E-state index in [-0.39, 0.29) is 18.4 Å². The van der Waals surface area contributed by atoms with Crippen LogP contribution in [0.3, 0.4) is 0 Å². The molecule has 3 rings (SSSR count). The molecule has 0 unspecified atom stereocenters. The summed E-state index contributed by atoms with van der Waals surface area (Å²) < 4.78 is 5.10. The highest BCUT2D eigenvalue weighted by molar-refractivity contribution is 5.94. The van der Waals surface area contributed by atoms with Gasteiger partial charge in [-0.15, -0.1) is 0 Å². The summed E-state index contributed by atoms with van der Waals surface area (Å²) in [5.74, 6) is 0.221. The molecule has 2 amide bonds. The number of rotatable bonds is 5. The van der Waals surface area contributed by atoms with Crippen LogP contribution in [0, 0.1) is 0 Å². The van der Waals surface area contributed by atoms with Crippen LogP contribution in [0.4, 0.5) is 5.69 Å². The van der Waals surface area contributed by atoms with Gasteiger partial charge in [0.25, 0.3) is 0 Å². The fourth-order valence-corrected chi connectivity index (χ4v) is 2.73. The normalized spacial score (nSPS) is 14.7. The highest BCUT2D eigenvalue weighted by Gasteiger charge is 2.21. The Bertz CT molecular complexity index is 718. The standard InChI is InChI=1S/C19H21N3O3/c23-18(9-8-17-7-4-14-25-17)20-15-19(24)22-12-10-21(11-13-22)16-5-2-1-3-6-16/h1-9,14H,10-13,15H2,(H,20,23). The Labute approximate surface area is 146 Å². The van der Waals surface area contributed by atoms with Gasteiger partial charge in [0, 0.05) is 37.9 Å². The fraction of sp³-hybridized carbons (Fsp3) is 0.263. The van der Waals surface area contributed by atoms with E-state index < -0.39 is 0 Å². The van der Waals surface area contributed by atoms with Crippen LogP contribution in [0.2, 0.25) is 0 Å². The van der Waals surface area contributed by atoms with Gasteiger partial charge in [-0.25, -0.2) is 0 Å². The number of furan rings is 1. The number of benzene rings is 1. The van der Waals surface area contributed by atoms with Crippen molar-refractivity contribution < 1.29 is 14.0 Å². The van der Waals surface area contributed by atoms with Crippen LogP contribution < -0.4 is 10.2 Å². The number of carbonyl (C=O) groups excluding carboxylic acids is 2. The molecule has 6 nitrogen and oxygen atoms in total. The highest BCUT2D eigenvalue weighted by Crippen LogP contribution is 2.15. The highest BCUT2D eigenvalue weighted by atomic mass is 16.3. The molecule has 0 spiro atoms. The van der Waals surface area contributed by atoms with Crippen molar-refractivity contribution in [2.75, 3.05) is 37.6 Å². The summed E-state index contributed by atoms with van der Waals surface area (Å²) in [7, 11) is 0. The Morgan fingerprint density at radius 2 is 1.80 bits per heavy atom. The molecule has 0 atom stereocenters. The summed E-state index contributed by atoms with van der Waals surface area (Å²) in [6, 6.07) is 13.7. The maximum atomic E-state index is 12.2. The van der Waals surface area contributed by atoms with E-state index in [1.807, 2.05) is 18.2 Å². The van der Waals surface area contributed by atoms with Gasteiger partial charge in [0.1, 0.15) is 5.76 Å². The number of piperazine rings is 1. The van der Waals surface area contributed by atoms with Gasteiger partial charge in [-0.1, -0.05) is 18.2 Å². The molecule has 1 aromatic heterocycles. The van der Waals surface area contributed by atoms with Crippen molar-refractivity contribution in [3.8, 4) is 0 Å². The predicted octanol–water partition coefficient (Wildman–Crippen LogP) is 1.76. The third kappa shape index (κ3) is 4.73. The zero-order valence-electron chi connectivity index (χ0n) is 13.9. The molecule has 2 aromatic rings. The first kappa shape index (κ1) is 16.8. The molecule has 0 bridgehead atoms. The number of para-hydroxylation sites is 1. The smallest absolute Gasteiger partial charge is 0.244 e. The van der Waals surface area contributed by atoms with Gasteiger partial charge in [0.2, 0.25) is 11.8 Å². The molecule has 130 valence electrons. The van der Waals surface area contributed by atoms with Crippen LogP contribution in [0.15, 0.2) is 59.2 Å². The third-order valence-corrected chi connectivity index (χ3v) is 4.11. The van der Waals surface area contributed by atoms with Crippen molar-refractivity contribution in [1.29, 1.82) is 0 Å². The lowest BCUT2D eigenvalue weighted by Crippen LogP contribution is -2.51. The number of nitrogens with one attached hydrogen (secondary N) is 1. The Hall–Kier alpha value is -3.02. The van der Waals surface area contributed by atoms with E-state index in [4.69, 9.17) is 4.42 Å². The van der Waals surface area contributed by atoms with Gasteiger partial charge in [-0.05, 0) is 30.3 Å². The fourth-order valence-electron chi connectivity index (χ4n) is 2.73. The minimum atomic E-state index is -0.312. The minimum Gasteiger partial charge on any atom is -0.465 e. The average molecular weight is 339 g/mol. The number of anilines is 1. The van der Waals surface area contributed by atoms with Crippen LogP contribution >= 0.6 is 0 Å². The van der Waals surface area contributed by atoms with E-state index in [9.17, 15) is 9.59 Å². The maximum absolute atomic E-state index is 12.2. The predicted molar refractivity (Wildman–Crippen MR) is 96.0 cm³/mol. The van der Waals surface area contributed by atoms with Crippen molar-refractivity contribution in [2.24, 2.45) is 0 Å². The van der Waals surface area contributed by atoms with E-state index in [0.29, 0.717) is 18.8 Å². The number of hydrogen-bond donors (Lipinski definition) is 1. The number of nitrogens with zero attached hydrogens (tertiary/aromatic N) is 2. The molecule has 1 saturated heterocycles. The Morgan fingerprint density at radius 1 is 1.04 bits per heavy atom. The summed E-state index contributed by atoms with van der Waals surface area (Å²) in [4.78, 5) is 28.0. The van der Waals surface area contributed by atoms with Gasteiger partial charge in [0.05, 0.1) is 12.8 Å². The van der Waals surface area contributed by atoms with Crippen molar-refractivity contribution in [3.05, 3.63) is 60.6 Å². The topological polar surface area (TPSA) is 65.8 Å². The molecule has 25 heavy (non-hydrogen) atoms. The lowest BCUT2D eigenvalue weighted by molar-refractivity contribution is -0.132. The van der Waals surface area contributed by atoms with E-state index in [1.165, 1.54) is 18.0 Å². The van der Waals surface area contributed by atoms with Gasteiger partial charge in [-0.2, -0.15) is 0 Å². The second kappa shape index (κ2) is 8.19. The average Bonchev–Trinajstić information content (AvgIpc) is 3.19. The van der Waals surface area contributed by atoms with Gasteiger partial charge >= 0.3 is 0 Å². The Balaban J connectivity index is 1.41. The largest absolute Gasteiger partial charge is 0.465 e. The van der Waals surface area contributed by atoms with Gasteiger partial charge in [0.15, 0.2) is 0 Å². The molecule has 1 aromatic carbocycles. The van der Waals surface area contributed by atoms with Gasteiger partial charge in [-0.3, -0.25) is 9.59 Å². The van der Waals surface area contributed by atoms with Crippen LogP contribution in [-0.2, 0) is 9.59 Å². The third-order valence-electron chi connectivity index (χ3n) is 4.11. The zero-order valence-corrected chi connectivity index (χ0v) is 13.9. The molecule has 0 aliphatic carbocycles. The molecule has 2 heterocycles. The summed E-state index contributed by atoms with van der Waals surface area (Å²) in [5.41, 5.74) is 1.17. The first-order chi connectivity index (χ1) is 12.2. The molecule has 1 aliphatic rings. The van der Waals surface area contributed by atoms with Crippen molar-refractivity contribution in [3.63, 3.8) is 0 Å². The van der Waals surface area contributed by atoms with Crippen molar-refractivity contribution >= 4 is 23.6 Å². The number of hydrogen-bond acceptors (Lipinski definition) is 4. The van der Waals surface area contributed by atoms with Crippen LogP contribution in [-0.4, -0.2) is 49.4 Å². The first-order valence-corrected chi connectivity index (χ1v) is 8.29. The second-order valence-electron chi connectivity index (χ2n) is 5.77. The molecule has 1 fully saturated rings. The minimum absolute atomic E-state index is 0.00661. The lowest BCUT2D eigenvalue weighted by atomic mass is 10.2. The number of carbonyl (C=O) groups is 2. The summed E-state index contributed by atoms with van der Waals surface area (Å²) >= 11 is 0. The lowest BCUT2D eigenvalue weighted by Gasteiger charge is -2.36. The summed E-state index contributed by atoms with van der Waals surface area (Å²) in [5, 5.41) is 2.61. The van der Waals surface area contributed by atoms with Crippen molar-refractivity contribution in [2.45, 2.75) is 0 Å². The monoisotopic (exact) mass is 339 g/mol. The molecule has 0 radical (unpaired) electrons. The van der Waals surface area contributed by atoms with Crippen molar-refractivity contribution in [1.82, 2.24) is 10.2 Å². The molecular weight excluding hydrogens is 318 g/mol. The second-order valence-corrected chi connectivity index (χ2v) is 5.77. The van der Waals surface area contributed by atoms with E-state index in [1.54, 1.807) is 23.1 Å². The Kier molecular flexibility index (Phi) is 5.51.